The van der Waals surface area contributed by atoms with Gasteiger partial charge in [-0.2, -0.15) is 11.8 Å². The maximum Gasteiger partial charge on any atom is 0.327 e. The minimum atomic E-state index is -2.96. The highest BCUT2D eigenvalue weighted by Crippen LogP contribution is 2.32. The maximum absolute atomic E-state index is 13.6. The molecule has 1 saturated heterocycles. The Morgan fingerprint density at radius 3 is 2.49 bits per heavy atom. The van der Waals surface area contributed by atoms with E-state index in [0.29, 0.717) is 5.69 Å². The number of aliphatic carboxylic acids is 1. The number of halogens is 2. The van der Waals surface area contributed by atoms with Crippen LogP contribution < -0.4 is 16.0 Å². The van der Waals surface area contributed by atoms with E-state index in [0.717, 1.165) is 4.90 Å². The SMILES string of the molecule is CSCC(NC(=O)CCC(=O)NCc1cc(C(=O)N[C@H](C)C(=O)N2CC(F)(F)C[C@H]2C)ccn1)C(=O)O. The lowest BCUT2D eigenvalue weighted by Crippen LogP contribution is -2.48. The van der Waals surface area contributed by atoms with Crippen molar-refractivity contribution in [2.45, 2.75) is 63.7 Å². The monoisotopic (exact) mass is 543 g/mol. The Morgan fingerprint density at radius 1 is 1.22 bits per heavy atom. The second-order valence-corrected chi connectivity index (χ2v) is 9.71. The van der Waals surface area contributed by atoms with Gasteiger partial charge in [0.15, 0.2) is 0 Å². The summed E-state index contributed by atoms with van der Waals surface area (Å²) in [6.45, 7) is 2.22. The molecule has 1 aliphatic heterocycles. The van der Waals surface area contributed by atoms with Crippen molar-refractivity contribution in [1.29, 1.82) is 0 Å². The van der Waals surface area contributed by atoms with E-state index in [1.54, 1.807) is 6.26 Å². The number of amides is 4. The van der Waals surface area contributed by atoms with E-state index < -0.39 is 66.6 Å². The highest BCUT2D eigenvalue weighted by atomic mass is 32.2. The lowest BCUT2D eigenvalue weighted by Gasteiger charge is -2.25. The van der Waals surface area contributed by atoms with Crippen molar-refractivity contribution in [3.05, 3.63) is 29.6 Å². The predicted molar refractivity (Wildman–Crippen MR) is 131 cm³/mol. The molecule has 0 spiro atoms. The van der Waals surface area contributed by atoms with Crippen LogP contribution in [-0.4, -0.2) is 87.2 Å². The Labute approximate surface area is 217 Å². The first-order valence-corrected chi connectivity index (χ1v) is 12.9. The van der Waals surface area contributed by atoms with Crippen molar-refractivity contribution in [3.63, 3.8) is 0 Å². The van der Waals surface area contributed by atoms with Gasteiger partial charge in [-0.1, -0.05) is 0 Å². The summed E-state index contributed by atoms with van der Waals surface area (Å²) >= 11 is 1.27. The Hall–Kier alpha value is -3.29. The van der Waals surface area contributed by atoms with E-state index in [1.165, 1.54) is 43.9 Å². The molecule has 4 N–H and O–H groups in total. The largest absolute Gasteiger partial charge is 0.480 e. The maximum atomic E-state index is 13.6. The van der Waals surface area contributed by atoms with Gasteiger partial charge in [0.2, 0.25) is 17.7 Å². The van der Waals surface area contributed by atoms with E-state index in [-0.39, 0.29) is 30.7 Å². The van der Waals surface area contributed by atoms with E-state index in [1.807, 2.05) is 0 Å². The molecule has 1 aromatic rings. The summed E-state index contributed by atoms with van der Waals surface area (Å²) in [6, 6.07) is 0.108. The lowest BCUT2D eigenvalue weighted by atomic mass is 10.2. The second-order valence-electron chi connectivity index (χ2n) is 8.80. The number of carboxylic acids is 1. The summed E-state index contributed by atoms with van der Waals surface area (Å²) in [7, 11) is 0. The highest BCUT2D eigenvalue weighted by Gasteiger charge is 2.45. The second kappa shape index (κ2) is 13.3. The van der Waals surface area contributed by atoms with Gasteiger partial charge in [0.05, 0.1) is 18.8 Å². The van der Waals surface area contributed by atoms with Crippen LogP contribution in [0.5, 0.6) is 0 Å². The summed E-state index contributed by atoms with van der Waals surface area (Å²) in [5.74, 6) is -6.17. The van der Waals surface area contributed by atoms with Gasteiger partial charge in [-0.3, -0.25) is 24.2 Å². The fourth-order valence-electron chi connectivity index (χ4n) is 3.73. The zero-order valence-electron chi connectivity index (χ0n) is 20.8. The average molecular weight is 544 g/mol. The van der Waals surface area contributed by atoms with Crippen molar-refractivity contribution in [2.75, 3.05) is 18.6 Å². The van der Waals surface area contributed by atoms with E-state index >= 15 is 0 Å². The molecule has 1 aliphatic rings. The first-order chi connectivity index (χ1) is 17.3. The van der Waals surface area contributed by atoms with E-state index in [4.69, 9.17) is 5.11 Å². The number of aromatic nitrogens is 1. The van der Waals surface area contributed by atoms with Crippen LogP contribution in [0.15, 0.2) is 18.3 Å². The smallest absolute Gasteiger partial charge is 0.327 e. The van der Waals surface area contributed by atoms with Gasteiger partial charge in [-0.15, -0.1) is 0 Å². The third-order valence-electron chi connectivity index (χ3n) is 5.62. The molecule has 3 atom stereocenters. The Bertz CT molecular complexity index is 1030. The molecule has 0 aliphatic carbocycles. The summed E-state index contributed by atoms with van der Waals surface area (Å²) in [5.41, 5.74) is 0.495. The fourth-order valence-corrected chi connectivity index (χ4v) is 4.29. The van der Waals surface area contributed by atoms with Gasteiger partial charge in [-0.25, -0.2) is 13.6 Å². The van der Waals surface area contributed by atoms with Crippen LogP contribution in [0.1, 0.15) is 49.2 Å². The number of alkyl halides is 2. The average Bonchev–Trinajstić information content (AvgIpc) is 3.12. The minimum absolute atomic E-state index is 0.0410. The lowest BCUT2D eigenvalue weighted by molar-refractivity contribution is -0.141. The van der Waals surface area contributed by atoms with Crippen LogP contribution in [0.3, 0.4) is 0 Å². The normalized spacial score (nSPS) is 18.0. The number of carboxylic acid groups (broad SMARTS) is 1. The molecule has 11 nitrogen and oxygen atoms in total. The molecule has 0 saturated carbocycles. The van der Waals surface area contributed by atoms with Crippen LogP contribution in [-0.2, 0) is 25.7 Å². The molecule has 37 heavy (non-hydrogen) atoms. The molecule has 2 heterocycles. The Balaban J connectivity index is 1.83. The van der Waals surface area contributed by atoms with Gasteiger partial charge in [0.1, 0.15) is 12.1 Å². The number of nitrogens with one attached hydrogen (secondary N) is 3. The number of thioether (sulfide) groups is 1. The molecule has 1 fully saturated rings. The van der Waals surface area contributed by atoms with Gasteiger partial charge in [0, 0.05) is 42.8 Å². The van der Waals surface area contributed by atoms with Crippen molar-refractivity contribution in [1.82, 2.24) is 25.8 Å². The van der Waals surface area contributed by atoms with Crippen LogP contribution in [0.25, 0.3) is 0 Å². The van der Waals surface area contributed by atoms with Crippen LogP contribution in [0, 0.1) is 0 Å². The number of carbonyl (C=O) groups excluding carboxylic acids is 4. The van der Waals surface area contributed by atoms with Crippen molar-refractivity contribution < 1.29 is 37.9 Å². The molecule has 1 unspecified atom stereocenters. The Kier molecular flexibility index (Phi) is 10.8. The molecule has 204 valence electrons. The number of pyridine rings is 1. The zero-order chi connectivity index (χ0) is 27.8. The van der Waals surface area contributed by atoms with Crippen LogP contribution >= 0.6 is 11.8 Å². The molecular formula is C23H31F2N5O6S. The zero-order valence-corrected chi connectivity index (χ0v) is 21.6. The molecule has 2 rings (SSSR count). The van der Waals surface area contributed by atoms with Gasteiger partial charge in [0.25, 0.3) is 11.8 Å². The first kappa shape index (κ1) is 29.9. The number of hydrogen-bond acceptors (Lipinski definition) is 7. The summed E-state index contributed by atoms with van der Waals surface area (Å²) in [5, 5.41) is 16.5. The van der Waals surface area contributed by atoms with Crippen LogP contribution in [0.2, 0.25) is 0 Å². The quantitative estimate of drug-likeness (QED) is 0.301. The molecule has 4 amide bonds. The topological polar surface area (TPSA) is 158 Å². The first-order valence-electron chi connectivity index (χ1n) is 11.5. The number of carbonyl (C=O) groups is 5. The minimum Gasteiger partial charge on any atom is -0.480 e. The van der Waals surface area contributed by atoms with Crippen molar-refractivity contribution >= 4 is 41.4 Å². The molecule has 0 bridgehead atoms. The Morgan fingerprint density at radius 2 is 1.89 bits per heavy atom. The van der Waals surface area contributed by atoms with E-state index in [2.05, 4.69) is 20.9 Å². The standard InChI is InChI=1S/C23H31F2N5O6S/c1-13-9-23(24,25)12-30(13)21(34)14(2)28-20(33)15-6-7-26-16(8-15)10-27-18(31)4-5-19(32)29-17(11-37-3)22(35)36/h6-8,13-14,17H,4-5,9-12H2,1-3H3,(H,27,31)(H,28,33)(H,29,32)(H,35,36)/t13-,14-,17?/m1/s1. The molecule has 0 radical (unpaired) electrons. The number of hydrogen-bond donors (Lipinski definition) is 4. The van der Waals surface area contributed by atoms with Gasteiger partial charge < -0.3 is 26.0 Å². The van der Waals surface area contributed by atoms with E-state index in [9.17, 15) is 32.8 Å². The number of rotatable bonds is 12. The third kappa shape index (κ3) is 9.26. The third-order valence-corrected chi connectivity index (χ3v) is 6.29. The molecule has 0 aromatic carbocycles. The van der Waals surface area contributed by atoms with Crippen LogP contribution in [0.4, 0.5) is 8.78 Å². The molecule has 14 heteroatoms. The summed E-state index contributed by atoms with van der Waals surface area (Å²) in [4.78, 5) is 65.4. The van der Waals surface area contributed by atoms with Gasteiger partial charge >= 0.3 is 5.97 Å². The number of likely N-dealkylation sites (tertiary alicyclic amines) is 1. The highest BCUT2D eigenvalue weighted by molar-refractivity contribution is 7.98. The van der Waals surface area contributed by atoms with Crippen molar-refractivity contribution in [2.24, 2.45) is 0 Å². The molecule has 1 aromatic heterocycles. The van der Waals surface area contributed by atoms with Gasteiger partial charge in [-0.05, 0) is 32.2 Å². The summed E-state index contributed by atoms with van der Waals surface area (Å²) < 4.78 is 27.2. The molecular weight excluding hydrogens is 512 g/mol. The predicted octanol–water partition coefficient (Wildman–Crippen LogP) is 0.785. The van der Waals surface area contributed by atoms with Crippen molar-refractivity contribution in [3.8, 4) is 0 Å². The fraction of sp³-hybridized carbons (Fsp3) is 0.565. The summed E-state index contributed by atoms with van der Waals surface area (Å²) in [6.07, 6.45) is 2.25. The number of nitrogens with zero attached hydrogens (tertiary/aromatic N) is 2.